The third-order valence-electron chi connectivity index (χ3n) is 5.85. The number of rotatable bonds is 9. The number of benzene rings is 1. The SMILES string of the molecule is CCCCCC(=O)N(CCC)CC(=O)N1CCc2sccc2[C@@H]1c1ccc(C)cc1. The topological polar surface area (TPSA) is 40.6 Å². The van der Waals surface area contributed by atoms with Gasteiger partial charge >= 0.3 is 0 Å². The van der Waals surface area contributed by atoms with Gasteiger partial charge in [-0.2, -0.15) is 0 Å². The first-order valence-corrected chi connectivity index (χ1v) is 12.1. The summed E-state index contributed by atoms with van der Waals surface area (Å²) in [6.07, 6.45) is 5.34. The van der Waals surface area contributed by atoms with E-state index in [4.69, 9.17) is 0 Å². The van der Waals surface area contributed by atoms with Crippen molar-refractivity contribution in [2.45, 2.75) is 65.3 Å². The van der Waals surface area contributed by atoms with Crippen molar-refractivity contribution in [1.29, 1.82) is 0 Å². The summed E-state index contributed by atoms with van der Waals surface area (Å²) in [4.78, 5) is 31.3. The van der Waals surface area contributed by atoms with Gasteiger partial charge in [0.15, 0.2) is 0 Å². The van der Waals surface area contributed by atoms with Gasteiger partial charge in [0, 0.05) is 24.4 Å². The molecule has 0 spiro atoms. The summed E-state index contributed by atoms with van der Waals surface area (Å²) in [6, 6.07) is 10.6. The molecule has 0 unspecified atom stereocenters. The van der Waals surface area contributed by atoms with E-state index >= 15 is 0 Å². The molecule has 4 nitrogen and oxygen atoms in total. The van der Waals surface area contributed by atoms with Gasteiger partial charge in [-0.3, -0.25) is 9.59 Å². The van der Waals surface area contributed by atoms with Crippen LogP contribution < -0.4 is 0 Å². The number of carbonyl (C=O) groups is 2. The van der Waals surface area contributed by atoms with Crippen LogP contribution in [0.15, 0.2) is 35.7 Å². The van der Waals surface area contributed by atoms with E-state index in [-0.39, 0.29) is 24.4 Å². The number of amides is 2. The van der Waals surface area contributed by atoms with Crippen LogP contribution in [0, 0.1) is 6.92 Å². The third-order valence-corrected chi connectivity index (χ3v) is 6.84. The van der Waals surface area contributed by atoms with Gasteiger partial charge < -0.3 is 9.80 Å². The minimum atomic E-state index is -0.0632. The van der Waals surface area contributed by atoms with Gasteiger partial charge in [-0.05, 0) is 48.8 Å². The van der Waals surface area contributed by atoms with E-state index in [1.807, 2.05) is 4.90 Å². The van der Waals surface area contributed by atoms with Gasteiger partial charge in [0.25, 0.3) is 0 Å². The number of unbranched alkanes of at least 4 members (excludes halogenated alkanes) is 2. The summed E-state index contributed by atoms with van der Waals surface area (Å²) in [5.41, 5.74) is 3.59. The summed E-state index contributed by atoms with van der Waals surface area (Å²) in [5, 5.41) is 2.13. The molecule has 1 aromatic carbocycles. The molecule has 0 radical (unpaired) electrons. The summed E-state index contributed by atoms with van der Waals surface area (Å²) in [7, 11) is 0. The van der Waals surface area contributed by atoms with Gasteiger partial charge in [0.1, 0.15) is 0 Å². The van der Waals surface area contributed by atoms with E-state index < -0.39 is 0 Å². The molecule has 0 N–H and O–H groups in total. The summed E-state index contributed by atoms with van der Waals surface area (Å²) < 4.78 is 0. The molecule has 2 heterocycles. The number of fused-ring (bicyclic) bond motifs is 1. The molecule has 2 aromatic rings. The molecule has 1 aliphatic heterocycles. The zero-order valence-corrected chi connectivity index (χ0v) is 19.3. The first kappa shape index (κ1) is 22.5. The van der Waals surface area contributed by atoms with Crippen molar-refractivity contribution in [3.63, 3.8) is 0 Å². The molecule has 1 atom stereocenters. The molecule has 0 aliphatic carbocycles. The van der Waals surface area contributed by atoms with Gasteiger partial charge in [0.2, 0.25) is 11.8 Å². The Morgan fingerprint density at radius 3 is 2.57 bits per heavy atom. The average Bonchev–Trinajstić information content (AvgIpc) is 3.22. The Kier molecular flexibility index (Phi) is 8.08. The van der Waals surface area contributed by atoms with Crippen molar-refractivity contribution in [1.82, 2.24) is 9.80 Å². The van der Waals surface area contributed by atoms with Crippen LogP contribution in [-0.2, 0) is 16.0 Å². The molecule has 0 fully saturated rings. The van der Waals surface area contributed by atoms with E-state index in [1.165, 1.54) is 16.0 Å². The van der Waals surface area contributed by atoms with Crippen LogP contribution in [0.5, 0.6) is 0 Å². The van der Waals surface area contributed by atoms with Crippen LogP contribution >= 0.6 is 11.3 Å². The fraction of sp³-hybridized carbons (Fsp3) is 0.520. The Morgan fingerprint density at radius 1 is 1.10 bits per heavy atom. The van der Waals surface area contributed by atoms with Crippen LogP contribution in [0.25, 0.3) is 0 Å². The minimum Gasteiger partial charge on any atom is -0.333 e. The quantitative estimate of drug-likeness (QED) is 0.507. The summed E-state index contributed by atoms with van der Waals surface area (Å²) in [5.74, 6) is 0.161. The maximum atomic E-state index is 13.4. The number of carbonyl (C=O) groups excluding carboxylic acids is 2. The van der Waals surface area contributed by atoms with Crippen molar-refractivity contribution >= 4 is 23.2 Å². The zero-order valence-electron chi connectivity index (χ0n) is 18.5. The normalized spacial score (nSPS) is 15.7. The highest BCUT2D eigenvalue weighted by atomic mass is 32.1. The predicted octanol–water partition coefficient (Wildman–Crippen LogP) is 5.35. The van der Waals surface area contributed by atoms with Crippen molar-refractivity contribution in [3.05, 3.63) is 57.3 Å². The minimum absolute atomic E-state index is 0.0507. The second-order valence-electron chi connectivity index (χ2n) is 8.22. The second-order valence-corrected chi connectivity index (χ2v) is 9.22. The first-order chi connectivity index (χ1) is 14.5. The van der Waals surface area contributed by atoms with E-state index in [2.05, 4.69) is 56.5 Å². The van der Waals surface area contributed by atoms with E-state index in [9.17, 15) is 9.59 Å². The Balaban J connectivity index is 1.80. The Bertz CT molecular complexity index is 843. The van der Waals surface area contributed by atoms with Crippen LogP contribution in [0.4, 0.5) is 0 Å². The molecule has 1 aliphatic rings. The van der Waals surface area contributed by atoms with E-state index in [1.54, 1.807) is 16.2 Å². The third kappa shape index (κ3) is 5.31. The Hall–Kier alpha value is -2.14. The molecule has 0 saturated heterocycles. The van der Waals surface area contributed by atoms with Crippen LogP contribution in [0.1, 0.15) is 73.6 Å². The molecule has 1 aromatic heterocycles. The van der Waals surface area contributed by atoms with Gasteiger partial charge in [-0.25, -0.2) is 0 Å². The maximum absolute atomic E-state index is 13.4. The van der Waals surface area contributed by atoms with E-state index in [0.717, 1.165) is 37.7 Å². The van der Waals surface area contributed by atoms with Gasteiger partial charge in [0.05, 0.1) is 12.6 Å². The molecule has 0 bridgehead atoms. The smallest absolute Gasteiger partial charge is 0.242 e. The van der Waals surface area contributed by atoms with Crippen LogP contribution in [0.2, 0.25) is 0 Å². The van der Waals surface area contributed by atoms with Crippen LogP contribution in [0.3, 0.4) is 0 Å². The first-order valence-electron chi connectivity index (χ1n) is 11.2. The largest absolute Gasteiger partial charge is 0.333 e. The molecule has 0 saturated carbocycles. The lowest BCUT2D eigenvalue weighted by Gasteiger charge is -2.37. The standard InChI is InChI=1S/C25H34N2O2S/c1-4-6-7-8-23(28)26(15-5-2)18-24(29)27-16-13-22-21(14-17-30-22)25(27)20-11-9-19(3)10-12-20/h9-12,14,17,25H,4-8,13,15-16,18H2,1-3H3/t25-/m0/s1. The Morgan fingerprint density at radius 2 is 1.87 bits per heavy atom. The number of hydrogen-bond acceptors (Lipinski definition) is 3. The van der Waals surface area contributed by atoms with Gasteiger partial charge in [-0.1, -0.05) is 56.5 Å². The second kappa shape index (κ2) is 10.8. The van der Waals surface area contributed by atoms with E-state index in [0.29, 0.717) is 19.5 Å². The van der Waals surface area contributed by atoms with Crippen molar-refractivity contribution in [3.8, 4) is 0 Å². The molecule has 2 amide bonds. The highest BCUT2D eigenvalue weighted by Crippen LogP contribution is 2.38. The molecule has 162 valence electrons. The number of thiophene rings is 1. The fourth-order valence-corrected chi connectivity index (χ4v) is 5.10. The lowest BCUT2D eigenvalue weighted by molar-refractivity contribution is -0.141. The lowest BCUT2D eigenvalue weighted by atomic mass is 9.92. The zero-order chi connectivity index (χ0) is 21.5. The van der Waals surface area contributed by atoms with Crippen LogP contribution in [-0.4, -0.2) is 41.2 Å². The number of aryl methyl sites for hydroxylation is 1. The maximum Gasteiger partial charge on any atom is 0.242 e. The molecular weight excluding hydrogens is 392 g/mol. The summed E-state index contributed by atoms with van der Waals surface area (Å²) >= 11 is 1.78. The predicted molar refractivity (Wildman–Crippen MR) is 124 cm³/mol. The molecule has 3 rings (SSSR count). The number of hydrogen-bond donors (Lipinski definition) is 0. The van der Waals surface area contributed by atoms with Crippen molar-refractivity contribution < 1.29 is 9.59 Å². The molecule has 5 heteroatoms. The fourth-order valence-electron chi connectivity index (χ4n) is 4.19. The molecule has 30 heavy (non-hydrogen) atoms. The highest BCUT2D eigenvalue weighted by Gasteiger charge is 2.33. The number of nitrogens with zero attached hydrogens (tertiary/aromatic N) is 2. The van der Waals surface area contributed by atoms with Gasteiger partial charge in [-0.15, -0.1) is 11.3 Å². The monoisotopic (exact) mass is 426 g/mol. The highest BCUT2D eigenvalue weighted by molar-refractivity contribution is 7.10. The lowest BCUT2D eigenvalue weighted by Crippen LogP contribution is -2.47. The average molecular weight is 427 g/mol. The van der Waals surface area contributed by atoms with Crippen molar-refractivity contribution in [2.75, 3.05) is 19.6 Å². The summed E-state index contributed by atoms with van der Waals surface area (Å²) in [6.45, 7) is 7.80. The Labute approximate surface area is 184 Å². The molecular formula is C25H34N2O2S. The van der Waals surface area contributed by atoms with Crippen molar-refractivity contribution in [2.24, 2.45) is 0 Å².